The van der Waals surface area contributed by atoms with Gasteiger partial charge >= 0.3 is 0 Å². The minimum atomic E-state index is -0.868. The van der Waals surface area contributed by atoms with E-state index in [4.69, 9.17) is 0 Å². The van der Waals surface area contributed by atoms with Crippen molar-refractivity contribution >= 4 is 18.3 Å². The molecule has 1 amide bonds. The number of hydrogen-bond acceptors (Lipinski definition) is 2. The Morgan fingerprint density at radius 2 is 2.19 bits per heavy atom. The number of carbonyl (C=O) groups excluding carboxylic acids is 1. The van der Waals surface area contributed by atoms with Gasteiger partial charge in [0.25, 0.3) is 0 Å². The molecule has 0 aromatic heterocycles. The van der Waals surface area contributed by atoms with E-state index < -0.39 is 11.6 Å². The van der Waals surface area contributed by atoms with E-state index >= 15 is 0 Å². The third kappa shape index (κ3) is 4.93. The molecule has 0 radical (unpaired) electrons. The normalized spacial score (nSPS) is 21.5. The molecule has 1 saturated heterocycles. The van der Waals surface area contributed by atoms with Crippen molar-refractivity contribution in [2.75, 3.05) is 6.54 Å². The van der Waals surface area contributed by atoms with E-state index in [1.165, 1.54) is 12.1 Å². The summed E-state index contributed by atoms with van der Waals surface area (Å²) in [5.74, 6) is -1.84. The van der Waals surface area contributed by atoms with E-state index in [1.807, 2.05) is 6.92 Å². The van der Waals surface area contributed by atoms with Gasteiger partial charge < -0.3 is 10.6 Å². The quantitative estimate of drug-likeness (QED) is 0.896. The molecular weight excluding hydrogens is 298 g/mol. The lowest BCUT2D eigenvalue weighted by Crippen LogP contribution is -2.51. The average Bonchev–Trinajstić information content (AvgIpc) is 2.43. The van der Waals surface area contributed by atoms with Crippen molar-refractivity contribution in [3.05, 3.63) is 35.4 Å². The molecule has 1 fully saturated rings. The number of piperidine rings is 1. The maximum Gasteiger partial charge on any atom is 0.220 e. The Morgan fingerprint density at radius 3 is 2.90 bits per heavy atom. The van der Waals surface area contributed by atoms with Crippen LogP contribution in [-0.4, -0.2) is 24.5 Å². The van der Waals surface area contributed by atoms with Crippen LogP contribution >= 0.6 is 12.4 Å². The Bertz CT molecular complexity index is 485. The van der Waals surface area contributed by atoms with Gasteiger partial charge in [0, 0.05) is 18.5 Å². The maximum atomic E-state index is 13.5. The van der Waals surface area contributed by atoms with Crippen LogP contribution in [0, 0.1) is 11.6 Å². The van der Waals surface area contributed by atoms with E-state index in [1.54, 1.807) is 0 Å². The Kier molecular flexibility index (Phi) is 7.05. The largest absolute Gasteiger partial charge is 0.352 e. The Morgan fingerprint density at radius 1 is 1.43 bits per heavy atom. The fourth-order valence-corrected chi connectivity index (χ4v) is 2.51. The maximum absolute atomic E-state index is 13.5. The van der Waals surface area contributed by atoms with Crippen LogP contribution in [-0.2, 0) is 11.2 Å². The summed E-state index contributed by atoms with van der Waals surface area (Å²) in [6.07, 6.45) is 2.37. The smallest absolute Gasteiger partial charge is 0.220 e. The van der Waals surface area contributed by atoms with Crippen molar-refractivity contribution < 1.29 is 13.6 Å². The minimum Gasteiger partial charge on any atom is -0.352 e. The summed E-state index contributed by atoms with van der Waals surface area (Å²) in [6, 6.07) is 4.41. The first-order valence-corrected chi connectivity index (χ1v) is 7.03. The van der Waals surface area contributed by atoms with Gasteiger partial charge in [-0.25, -0.2) is 8.78 Å². The number of benzene rings is 1. The van der Waals surface area contributed by atoms with Gasteiger partial charge in [-0.05, 0) is 44.4 Å². The third-order valence-electron chi connectivity index (χ3n) is 3.76. The number of carbonyl (C=O) groups is 1. The second-order valence-corrected chi connectivity index (χ2v) is 5.27. The van der Waals surface area contributed by atoms with Gasteiger partial charge in [-0.3, -0.25) is 4.79 Å². The van der Waals surface area contributed by atoms with E-state index in [0.29, 0.717) is 0 Å². The monoisotopic (exact) mass is 318 g/mol. The fourth-order valence-electron chi connectivity index (χ4n) is 2.51. The van der Waals surface area contributed by atoms with Crippen LogP contribution < -0.4 is 10.6 Å². The summed E-state index contributed by atoms with van der Waals surface area (Å²) in [5.41, 5.74) is 0.245. The van der Waals surface area contributed by atoms with Crippen molar-refractivity contribution in [2.45, 2.75) is 44.7 Å². The molecule has 6 heteroatoms. The summed E-state index contributed by atoms with van der Waals surface area (Å²) < 4.78 is 26.5. The Balaban J connectivity index is 0.00000220. The zero-order chi connectivity index (χ0) is 14.5. The van der Waals surface area contributed by atoms with Crippen LogP contribution in [0.2, 0.25) is 0 Å². The molecule has 2 atom stereocenters. The highest BCUT2D eigenvalue weighted by Gasteiger charge is 2.22. The zero-order valence-corrected chi connectivity index (χ0v) is 12.8. The molecule has 118 valence electrons. The van der Waals surface area contributed by atoms with Gasteiger partial charge in [-0.15, -0.1) is 12.4 Å². The predicted octanol–water partition coefficient (Wildman–Crippen LogP) is 2.58. The summed E-state index contributed by atoms with van der Waals surface area (Å²) >= 11 is 0. The predicted molar refractivity (Wildman–Crippen MR) is 80.6 cm³/mol. The first kappa shape index (κ1) is 17.9. The third-order valence-corrected chi connectivity index (χ3v) is 3.76. The van der Waals surface area contributed by atoms with Crippen molar-refractivity contribution in [3.63, 3.8) is 0 Å². The lowest BCUT2D eigenvalue weighted by atomic mass is 9.99. The molecule has 0 bridgehead atoms. The molecule has 2 unspecified atom stereocenters. The molecule has 2 rings (SSSR count). The molecule has 1 aromatic carbocycles. The van der Waals surface area contributed by atoms with Crippen molar-refractivity contribution in [1.82, 2.24) is 10.6 Å². The summed E-state index contributed by atoms with van der Waals surface area (Å²) in [6.45, 7) is 3.01. The van der Waals surface area contributed by atoms with Crippen molar-refractivity contribution in [1.29, 1.82) is 0 Å². The molecule has 1 aliphatic rings. The summed E-state index contributed by atoms with van der Waals surface area (Å²) in [5, 5.41) is 6.26. The number of nitrogens with one attached hydrogen (secondary N) is 2. The van der Waals surface area contributed by atoms with Crippen LogP contribution in [0.15, 0.2) is 18.2 Å². The van der Waals surface area contributed by atoms with Crippen molar-refractivity contribution in [2.24, 2.45) is 0 Å². The highest BCUT2D eigenvalue weighted by molar-refractivity contribution is 5.85. The molecule has 0 aliphatic carbocycles. The highest BCUT2D eigenvalue weighted by atomic mass is 35.5. The van der Waals surface area contributed by atoms with E-state index in [2.05, 4.69) is 10.6 Å². The summed E-state index contributed by atoms with van der Waals surface area (Å²) in [7, 11) is 0. The highest BCUT2D eigenvalue weighted by Crippen LogP contribution is 2.14. The van der Waals surface area contributed by atoms with Crippen molar-refractivity contribution in [3.8, 4) is 0 Å². The van der Waals surface area contributed by atoms with E-state index in [9.17, 15) is 13.6 Å². The standard InChI is InChI=1S/C15H20F2N2O.ClH/c1-10-13(6-3-9-18-10)19-14(20)8-7-11-4-2-5-12(16)15(11)17;/h2,4-5,10,13,18H,3,6-9H2,1H3,(H,19,20);1H. The Labute approximate surface area is 129 Å². The first-order chi connectivity index (χ1) is 9.58. The first-order valence-electron chi connectivity index (χ1n) is 7.03. The molecule has 3 nitrogen and oxygen atoms in total. The number of aryl methyl sites for hydroxylation is 1. The molecule has 0 spiro atoms. The van der Waals surface area contributed by atoms with Gasteiger partial charge in [0.05, 0.1) is 0 Å². The molecule has 2 N–H and O–H groups in total. The number of hydrogen-bond donors (Lipinski definition) is 2. The number of rotatable bonds is 4. The topological polar surface area (TPSA) is 41.1 Å². The SMILES string of the molecule is CC1NCCCC1NC(=O)CCc1cccc(F)c1F.Cl. The molecule has 1 aromatic rings. The van der Waals surface area contributed by atoms with Crippen LogP contribution in [0.25, 0.3) is 0 Å². The van der Waals surface area contributed by atoms with Gasteiger partial charge in [0.1, 0.15) is 0 Å². The minimum absolute atomic E-state index is 0. The average molecular weight is 319 g/mol. The van der Waals surface area contributed by atoms with Crippen LogP contribution in [0.3, 0.4) is 0 Å². The molecular formula is C15H21ClF2N2O. The molecule has 1 heterocycles. The van der Waals surface area contributed by atoms with Crippen LogP contribution in [0.1, 0.15) is 31.7 Å². The van der Waals surface area contributed by atoms with E-state index in [-0.39, 0.29) is 48.8 Å². The van der Waals surface area contributed by atoms with Gasteiger partial charge in [0.15, 0.2) is 11.6 Å². The fraction of sp³-hybridized carbons (Fsp3) is 0.533. The van der Waals surface area contributed by atoms with Gasteiger partial charge in [0.2, 0.25) is 5.91 Å². The van der Waals surface area contributed by atoms with E-state index in [0.717, 1.165) is 25.5 Å². The van der Waals surface area contributed by atoms with Crippen LogP contribution in [0.5, 0.6) is 0 Å². The van der Waals surface area contributed by atoms with Gasteiger partial charge in [-0.2, -0.15) is 0 Å². The summed E-state index contributed by atoms with van der Waals surface area (Å²) in [4.78, 5) is 11.9. The zero-order valence-electron chi connectivity index (χ0n) is 12.0. The number of amides is 1. The lowest BCUT2D eigenvalue weighted by Gasteiger charge is -2.30. The number of halogens is 3. The van der Waals surface area contributed by atoms with Gasteiger partial charge in [-0.1, -0.05) is 12.1 Å². The second kappa shape index (κ2) is 8.29. The molecule has 1 aliphatic heterocycles. The second-order valence-electron chi connectivity index (χ2n) is 5.27. The van der Waals surface area contributed by atoms with Crippen LogP contribution in [0.4, 0.5) is 8.78 Å². The Hall–Kier alpha value is -1.20. The lowest BCUT2D eigenvalue weighted by molar-refractivity contribution is -0.122. The molecule has 21 heavy (non-hydrogen) atoms. The molecule has 0 saturated carbocycles.